The van der Waals surface area contributed by atoms with Crippen LogP contribution in [0.15, 0.2) is 30.3 Å². The molecule has 1 N–H and O–H groups in total. The van der Waals surface area contributed by atoms with Crippen LogP contribution in [0.3, 0.4) is 0 Å². The van der Waals surface area contributed by atoms with Gasteiger partial charge in [-0.15, -0.1) is 0 Å². The molecule has 0 aliphatic carbocycles. The first-order chi connectivity index (χ1) is 10.8. The number of rotatable bonds is 3. The van der Waals surface area contributed by atoms with Gasteiger partial charge in [-0.05, 0) is 44.0 Å². The molecule has 1 aliphatic heterocycles. The number of alkyl halides is 3. The molecule has 0 saturated carbocycles. The van der Waals surface area contributed by atoms with Crippen LogP contribution in [0.25, 0.3) is 5.57 Å². The topological polar surface area (TPSA) is 32.3 Å². The number of nitrogens with zero attached hydrogens (tertiary/aromatic N) is 1. The molecule has 1 fully saturated rings. The average molecular weight is 326 g/mol. The van der Waals surface area contributed by atoms with Gasteiger partial charge in [0.2, 0.25) is 5.91 Å². The summed E-state index contributed by atoms with van der Waals surface area (Å²) in [5, 5.41) is 3.18. The molecule has 0 unspecified atom stereocenters. The number of carbonyl (C=O) groups excluding carboxylic acids is 1. The van der Waals surface area contributed by atoms with Crippen molar-refractivity contribution in [3.63, 3.8) is 0 Å². The van der Waals surface area contributed by atoms with Gasteiger partial charge < -0.3 is 10.2 Å². The lowest BCUT2D eigenvalue weighted by Gasteiger charge is -2.31. The van der Waals surface area contributed by atoms with Crippen molar-refractivity contribution < 1.29 is 18.0 Å². The fraction of sp³-hybridized carbons (Fsp3) is 0.471. The molecule has 1 saturated heterocycles. The molecule has 0 radical (unpaired) electrons. The van der Waals surface area contributed by atoms with Crippen LogP contribution in [0.4, 0.5) is 13.2 Å². The van der Waals surface area contributed by atoms with E-state index in [1.807, 2.05) is 7.05 Å². The smallest absolute Gasteiger partial charge is 0.339 e. The van der Waals surface area contributed by atoms with Crippen molar-refractivity contribution in [3.05, 3.63) is 41.5 Å². The lowest BCUT2D eigenvalue weighted by Crippen LogP contribution is -2.43. The normalized spacial score (nSPS) is 17.4. The number of piperidine rings is 1. The van der Waals surface area contributed by atoms with Crippen molar-refractivity contribution in [3.8, 4) is 0 Å². The van der Waals surface area contributed by atoms with E-state index in [0.717, 1.165) is 18.9 Å². The molecule has 1 aliphatic rings. The molecule has 1 amide bonds. The summed E-state index contributed by atoms with van der Waals surface area (Å²) in [4.78, 5) is 14.0. The Morgan fingerprint density at radius 1 is 1.26 bits per heavy atom. The van der Waals surface area contributed by atoms with Crippen LogP contribution in [0, 0.1) is 0 Å². The monoisotopic (exact) mass is 326 g/mol. The van der Waals surface area contributed by atoms with E-state index >= 15 is 0 Å². The van der Waals surface area contributed by atoms with Crippen LogP contribution in [0.5, 0.6) is 0 Å². The predicted octanol–water partition coefficient (Wildman–Crippen LogP) is 3.32. The Kier molecular flexibility index (Phi) is 5.46. The first-order valence-corrected chi connectivity index (χ1v) is 7.64. The number of carbonyl (C=O) groups is 1. The summed E-state index contributed by atoms with van der Waals surface area (Å²) in [6, 6.07) is 5.73. The van der Waals surface area contributed by atoms with Gasteiger partial charge in [0.1, 0.15) is 0 Å². The number of hydrogen-bond donors (Lipinski definition) is 1. The fourth-order valence-electron chi connectivity index (χ4n) is 2.82. The van der Waals surface area contributed by atoms with Crippen molar-refractivity contribution in [1.82, 2.24) is 10.2 Å². The third kappa shape index (κ3) is 4.34. The molecule has 1 aromatic carbocycles. The van der Waals surface area contributed by atoms with E-state index in [0.29, 0.717) is 24.7 Å². The summed E-state index contributed by atoms with van der Waals surface area (Å²) in [7, 11) is 1.89. The average Bonchev–Trinajstić information content (AvgIpc) is 2.54. The highest BCUT2D eigenvalue weighted by Crippen LogP contribution is 2.34. The second kappa shape index (κ2) is 7.17. The van der Waals surface area contributed by atoms with E-state index in [2.05, 4.69) is 5.32 Å². The number of amides is 1. The summed E-state index contributed by atoms with van der Waals surface area (Å²) in [5.74, 6) is -0.228. The van der Waals surface area contributed by atoms with E-state index in [4.69, 9.17) is 0 Å². The maximum Gasteiger partial charge on any atom is 0.416 e. The zero-order valence-corrected chi connectivity index (χ0v) is 13.3. The van der Waals surface area contributed by atoms with Gasteiger partial charge in [-0.1, -0.05) is 18.2 Å². The van der Waals surface area contributed by atoms with Crippen molar-refractivity contribution >= 4 is 11.5 Å². The number of benzene rings is 1. The molecule has 126 valence electrons. The van der Waals surface area contributed by atoms with Gasteiger partial charge in [-0.2, -0.15) is 13.2 Å². The molecule has 0 aromatic heterocycles. The molecule has 0 atom stereocenters. The Morgan fingerprint density at radius 2 is 1.87 bits per heavy atom. The molecule has 6 heteroatoms. The summed E-state index contributed by atoms with van der Waals surface area (Å²) in [5.41, 5.74) is -0.326. The molecule has 1 aromatic rings. The summed E-state index contributed by atoms with van der Waals surface area (Å²) in [6.45, 7) is 2.78. The van der Waals surface area contributed by atoms with E-state index in [1.165, 1.54) is 18.2 Å². The number of nitrogens with one attached hydrogen (secondary N) is 1. The molecule has 1 heterocycles. The molecule has 0 bridgehead atoms. The van der Waals surface area contributed by atoms with Gasteiger partial charge in [0.05, 0.1) is 5.56 Å². The van der Waals surface area contributed by atoms with Gasteiger partial charge in [0.25, 0.3) is 0 Å². The van der Waals surface area contributed by atoms with Crippen LogP contribution < -0.4 is 5.32 Å². The Morgan fingerprint density at radius 3 is 2.43 bits per heavy atom. The lowest BCUT2D eigenvalue weighted by molar-refractivity contribution is -0.137. The molecular weight excluding hydrogens is 305 g/mol. The Balaban J connectivity index is 2.16. The molecule has 3 nitrogen and oxygen atoms in total. The van der Waals surface area contributed by atoms with Crippen molar-refractivity contribution in [1.29, 1.82) is 0 Å². The largest absolute Gasteiger partial charge is 0.416 e. The SMILES string of the molecule is CNC1CCN(C(=O)C=C(C)c2ccccc2C(F)(F)F)CC1. The second-order valence-corrected chi connectivity index (χ2v) is 5.76. The van der Waals surface area contributed by atoms with Crippen molar-refractivity contribution in [2.24, 2.45) is 0 Å². The zero-order chi connectivity index (χ0) is 17.0. The zero-order valence-electron chi connectivity index (χ0n) is 13.3. The minimum atomic E-state index is -4.43. The Hall–Kier alpha value is -1.82. The summed E-state index contributed by atoms with van der Waals surface area (Å²) in [6.07, 6.45) is -1.41. The van der Waals surface area contributed by atoms with Gasteiger partial charge in [0.15, 0.2) is 0 Å². The first-order valence-electron chi connectivity index (χ1n) is 7.64. The summed E-state index contributed by atoms with van der Waals surface area (Å²) < 4.78 is 39.2. The molecule has 2 rings (SSSR count). The quantitative estimate of drug-likeness (QED) is 0.864. The highest BCUT2D eigenvalue weighted by atomic mass is 19.4. The van der Waals surface area contributed by atoms with E-state index in [1.54, 1.807) is 17.9 Å². The Labute approximate surface area is 134 Å². The molecule has 23 heavy (non-hydrogen) atoms. The third-order valence-electron chi connectivity index (χ3n) is 4.21. The summed E-state index contributed by atoms with van der Waals surface area (Å²) >= 11 is 0. The highest BCUT2D eigenvalue weighted by molar-refractivity contribution is 5.95. The van der Waals surface area contributed by atoms with Crippen LogP contribution >= 0.6 is 0 Å². The van der Waals surface area contributed by atoms with Crippen molar-refractivity contribution in [2.45, 2.75) is 32.0 Å². The van der Waals surface area contributed by atoms with E-state index in [-0.39, 0.29) is 11.5 Å². The lowest BCUT2D eigenvalue weighted by atomic mass is 9.99. The van der Waals surface area contributed by atoms with Crippen LogP contribution in [0.2, 0.25) is 0 Å². The van der Waals surface area contributed by atoms with Crippen LogP contribution in [-0.4, -0.2) is 37.0 Å². The number of allylic oxidation sites excluding steroid dienone is 1. The molecular formula is C17H21F3N2O. The third-order valence-corrected chi connectivity index (χ3v) is 4.21. The van der Waals surface area contributed by atoms with Gasteiger partial charge in [0, 0.05) is 25.2 Å². The van der Waals surface area contributed by atoms with Crippen LogP contribution in [0.1, 0.15) is 30.9 Å². The highest BCUT2D eigenvalue weighted by Gasteiger charge is 2.33. The van der Waals surface area contributed by atoms with Gasteiger partial charge in [-0.3, -0.25) is 4.79 Å². The van der Waals surface area contributed by atoms with E-state index in [9.17, 15) is 18.0 Å². The Bertz CT molecular complexity index is 588. The fourth-order valence-corrected chi connectivity index (χ4v) is 2.82. The van der Waals surface area contributed by atoms with E-state index < -0.39 is 11.7 Å². The van der Waals surface area contributed by atoms with Crippen LogP contribution in [-0.2, 0) is 11.0 Å². The molecule has 0 spiro atoms. The standard InChI is InChI=1S/C17H21F3N2O/c1-12(14-5-3-4-6-15(14)17(18,19)20)11-16(23)22-9-7-13(21-2)8-10-22/h3-6,11,13,21H,7-10H2,1-2H3. The second-order valence-electron chi connectivity index (χ2n) is 5.76. The van der Waals surface area contributed by atoms with Gasteiger partial charge in [-0.25, -0.2) is 0 Å². The minimum Gasteiger partial charge on any atom is -0.339 e. The van der Waals surface area contributed by atoms with Crippen molar-refractivity contribution in [2.75, 3.05) is 20.1 Å². The first kappa shape index (κ1) is 17.5. The number of hydrogen-bond acceptors (Lipinski definition) is 2. The number of halogens is 3. The maximum absolute atomic E-state index is 13.1. The maximum atomic E-state index is 13.1. The predicted molar refractivity (Wildman–Crippen MR) is 83.8 cm³/mol. The number of likely N-dealkylation sites (tertiary alicyclic amines) is 1. The van der Waals surface area contributed by atoms with Gasteiger partial charge >= 0.3 is 6.18 Å². The minimum absolute atomic E-state index is 0.0541.